The first-order valence-corrected chi connectivity index (χ1v) is 8.52. The van der Waals surface area contributed by atoms with Gasteiger partial charge >= 0.3 is 0 Å². The third-order valence-electron chi connectivity index (χ3n) is 3.13. The number of para-hydroxylation sites is 1. The van der Waals surface area contributed by atoms with Gasteiger partial charge in [-0.15, -0.1) is 11.3 Å². The molecule has 0 atom stereocenters. The normalized spacial score (nSPS) is 10.5. The van der Waals surface area contributed by atoms with E-state index in [4.69, 9.17) is 9.47 Å². The number of hydrogen-bond donors (Lipinski definition) is 1. The van der Waals surface area contributed by atoms with Crippen molar-refractivity contribution >= 4 is 17.2 Å². The Kier molecular flexibility index (Phi) is 7.56. The summed E-state index contributed by atoms with van der Waals surface area (Å²) in [5, 5.41) is 5.88. The van der Waals surface area contributed by atoms with E-state index in [-0.39, 0.29) is 5.91 Å². The van der Waals surface area contributed by atoms with Crippen molar-refractivity contribution < 1.29 is 14.3 Å². The summed E-state index contributed by atoms with van der Waals surface area (Å²) in [5.41, 5.74) is 0.995. The molecule has 2 rings (SSSR count). The predicted molar refractivity (Wildman–Crippen MR) is 90.7 cm³/mol. The van der Waals surface area contributed by atoms with Gasteiger partial charge in [-0.25, -0.2) is 4.98 Å². The van der Waals surface area contributed by atoms with Crippen molar-refractivity contribution in [1.82, 2.24) is 10.3 Å². The van der Waals surface area contributed by atoms with Crippen LogP contribution in [0.3, 0.4) is 0 Å². The van der Waals surface area contributed by atoms with Crippen molar-refractivity contribution in [2.24, 2.45) is 0 Å². The van der Waals surface area contributed by atoms with E-state index >= 15 is 0 Å². The third kappa shape index (κ3) is 6.80. The van der Waals surface area contributed by atoms with Gasteiger partial charge in [0.05, 0.1) is 18.9 Å². The lowest BCUT2D eigenvalue weighted by Crippen LogP contribution is -2.25. The minimum absolute atomic E-state index is 0.0500. The van der Waals surface area contributed by atoms with Gasteiger partial charge < -0.3 is 14.8 Å². The molecule has 1 aromatic carbocycles. The van der Waals surface area contributed by atoms with Gasteiger partial charge in [0.15, 0.2) is 0 Å². The van der Waals surface area contributed by atoms with Crippen molar-refractivity contribution in [3.63, 3.8) is 0 Å². The summed E-state index contributed by atoms with van der Waals surface area (Å²) >= 11 is 1.58. The average Bonchev–Trinajstić information content (AvgIpc) is 3.00. The number of ether oxygens (including phenoxy) is 2. The van der Waals surface area contributed by atoms with Crippen LogP contribution in [0.5, 0.6) is 5.75 Å². The number of rotatable bonds is 10. The lowest BCUT2D eigenvalue weighted by molar-refractivity contribution is -0.121. The minimum Gasteiger partial charge on any atom is -0.494 e. The van der Waals surface area contributed by atoms with E-state index in [0.29, 0.717) is 32.6 Å². The van der Waals surface area contributed by atoms with Crippen molar-refractivity contribution in [2.45, 2.75) is 25.9 Å². The molecule has 23 heavy (non-hydrogen) atoms. The van der Waals surface area contributed by atoms with Gasteiger partial charge in [-0.05, 0) is 18.6 Å². The van der Waals surface area contributed by atoms with Crippen LogP contribution in [0.25, 0.3) is 0 Å². The fraction of sp³-hybridized carbons (Fsp3) is 0.412. The van der Waals surface area contributed by atoms with Crippen molar-refractivity contribution in [3.05, 3.63) is 46.4 Å². The Morgan fingerprint density at radius 3 is 2.91 bits per heavy atom. The van der Waals surface area contributed by atoms with Gasteiger partial charge in [0.25, 0.3) is 0 Å². The van der Waals surface area contributed by atoms with Crippen LogP contribution in [0.1, 0.15) is 23.5 Å². The van der Waals surface area contributed by atoms with Gasteiger partial charge in [0, 0.05) is 31.9 Å². The molecule has 0 fully saturated rings. The van der Waals surface area contributed by atoms with Crippen LogP contribution in [-0.2, 0) is 22.6 Å². The Morgan fingerprint density at radius 2 is 2.13 bits per heavy atom. The average molecular weight is 334 g/mol. The quantitative estimate of drug-likeness (QED) is 0.679. The number of thiazole rings is 1. The van der Waals surface area contributed by atoms with E-state index < -0.39 is 0 Å². The summed E-state index contributed by atoms with van der Waals surface area (Å²) in [5.74, 6) is 0.886. The Labute approximate surface area is 140 Å². The number of aromatic nitrogens is 1. The van der Waals surface area contributed by atoms with Gasteiger partial charge in [-0.3, -0.25) is 4.79 Å². The topological polar surface area (TPSA) is 60.5 Å². The number of carbonyl (C=O) groups excluding carboxylic acids is 1. The predicted octanol–water partition coefficient (Wildman–Crippen LogP) is 2.81. The summed E-state index contributed by atoms with van der Waals surface area (Å²) in [6.07, 6.45) is 1.92. The molecule has 0 saturated heterocycles. The molecule has 124 valence electrons. The Hall–Kier alpha value is -1.92. The highest BCUT2D eigenvalue weighted by molar-refractivity contribution is 7.09. The Balaban J connectivity index is 1.54. The van der Waals surface area contributed by atoms with E-state index in [2.05, 4.69) is 10.3 Å². The summed E-state index contributed by atoms with van der Waals surface area (Å²) in [7, 11) is 1.66. The number of methoxy groups -OCH3 is 1. The number of amides is 1. The monoisotopic (exact) mass is 334 g/mol. The maximum atomic E-state index is 11.7. The second kappa shape index (κ2) is 9.97. The molecule has 0 radical (unpaired) electrons. The number of nitrogens with zero attached hydrogens (tertiary/aromatic N) is 1. The fourth-order valence-electron chi connectivity index (χ4n) is 2.01. The standard InChI is InChI=1S/C17H22N2O3S/c1-21-12-17-19-14(13-23-17)9-10-18-16(20)8-5-11-22-15-6-3-2-4-7-15/h2-4,6-7,13H,5,8-12H2,1H3,(H,18,20). The van der Waals surface area contributed by atoms with Gasteiger partial charge in [0.1, 0.15) is 10.8 Å². The number of nitrogens with one attached hydrogen (secondary N) is 1. The maximum Gasteiger partial charge on any atom is 0.220 e. The van der Waals surface area contributed by atoms with Crippen LogP contribution in [-0.4, -0.2) is 31.2 Å². The Bertz CT molecular complexity index is 587. The summed E-state index contributed by atoms with van der Waals surface area (Å²) in [6, 6.07) is 9.62. The summed E-state index contributed by atoms with van der Waals surface area (Å²) in [4.78, 5) is 16.2. The zero-order valence-corrected chi connectivity index (χ0v) is 14.1. The first kappa shape index (κ1) is 17.4. The molecule has 0 aliphatic carbocycles. The zero-order valence-electron chi connectivity index (χ0n) is 13.3. The van der Waals surface area contributed by atoms with E-state index in [1.165, 1.54) is 0 Å². The summed E-state index contributed by atoms with van der Waals surface area (Å²) < 4.78 is 10.6. The van der Waals surface area contributed by atoms with E-state index in [1.54, 1.807) is 18.4 Å². The largest absolute Gasteiger partial charge is 0.494 e. The minimum atomic E-state index is 0.0500. The lowest BCUT2D eigenvalue weighted by Gasteiger charge is -2.06. The van der Waals surface area contributed by atoms with Crippen LogP contribution >= 0.6 is 11.3 Å². The molecule has 1 aromatic heterocycles. The van der Waals surface area contributed by atoms with Crippen LogP contribution in [0.4, 0.5) is 0 Å². The molecule has 0 saturated carbocycles. The van der Waals surface area contributed by atoms with Crippen LogP contribution in [0, 0.1) is 0 Å². The van der Waals surface area contributed by atoms with Gasteiger partial charge in [0.2, 0.25) is 5.91 Å². The fourth-order valence-corrected chi connectivity index (χ4v) is 2.81. The molecule has 1 amide bonds. The van der Waals surface area contributed by atoms with Crippen molar-refractivity contribution in [3.8, 4) is 5.75 Å². The first-order chi connectivity index (χ1) is 11.3. The van der Waals surface area contributed by atoms with E-state index in [0.717, 1.165) is 22.9 Å². The van der Waals surface area contributed by atoms with Crippen LogP contribution in [0.2, 0.25) is 0 Å². The highest BCUT2D eigenvalue weighted by Gasteiger charge is 2.04. The third-order valence-corrected chi connectivity index (χ3v) is 4.00. The highest BCUT2D eigenvalue weighted by Crippen LogP contribution is 2.11. The number of hydrogen-bond acceptors (Lipinski definition) is 5. The molecule has 0 bridgehead atoms. The molecule has 2 aromatic rings. The highest BCUT2D eigenvalue weighted by atomic mass is 32.1. The van der Waals surface area contributed by atoms with Crippen molar-refractivity contribution in [1.29, 1.82) is 0 Å². The number of carbonyl (C=O) groups is 1. The van der Waals surface area contributed by atoms with Gasteiger partial charge in [-0.1, -0.05) is 18.2 Å². The van der Waals surface area contributed by atoms with Gasteiger partial charge in [-0.2, -0.15) is 0 Å². The van der Waals surface area contributed by atoms with Crippen LogP contribution in [0.15, 0.2) is 35.7 Å². The molecular weight excluding hydrogens is 312 g/mol. The van der Waals surface area contributed by atoms with Crippen molar-refractivity contribution in [2.75, 3.05) is 20.3 Å². The molecule has 0 aliphatic rings. The van der Waals surface area contributed by atoms with E-state index in [9.17, 15) is 4.79 Å². The molecule has 5 nitrogen and oxygen atoms in total. The Morgan fingerprint density at radius 1 is 1.30 bits per heavy atom. The SMILES string of the molecule is COCc1nc(CCNC(=O)CCCOc2ccccc2)cs1. The molecule has 0 aliphatic heterocycles. The molecule has 0 unspecified atom stereocenters. The molecular formula is C17H22N2O3S. The summed E-state index contributed by atoms with van der Waals surface area (Å²) in [6.45, 7) is 1.69. The van der Waals surface area contributed by atoms with E-state index in [1.807, 2.05) is 35.7 Å². The molecule has 6 heteroatoms. The first-order valence-electron chi connectivity index (χ1n) is 7.64. The molecule has 1 heterocycles. The van der Waals surface area contributed by atoms with Crippen LogP contribution < -0.4 is 10.1 Å². The second-order valence-corrected chi connectivity index (χ2v) is 5.97. The smallest absolute Gasteiger partial charge is 0.220 e. The lowest BCUT2D eigenvalue weighted by atomic mass is 10.3. The number of benzene rings is 1. The second-order valence-electron chi connectivity index (χ2n) is 5.03. The zero-order chi connectivity index (χ0) is 16.3. The molecule has 1 N–H and O–H groups in total. The maximum absolute atomic E-state index is 11.7. The molecule has 0 spiro atoms.